The summed E-state index contributed by atoms with van der Waals surface area (Å²) in [5.41, 5.74) is 1.56. The van der Waals surface area contributed by atoms with Gasteiger partial charge in [0, 0.05) is 19.3 Å². The van der Waals surface area contributed by atoms with Gasteiger partial charge in [0.1, 0.15) is 5.69 Å². The zero-order valence-electron chi connectivity index (χ0n) is 8.24. The summed E-state index contributed by atoms with van der Waals surface area (Å²) in [7, 11) is 0. The molecule has 3 nitrogen and oxygen atoms in total. The Morgan fingerprint density at radius 3 is 2.87 bits per heavy atom. The van der Waals surface area contributed by atoms with E-state index in [9.17, 15) is 0 Å². The Morgan fingerprint density at radius 2 is 2.20 bits per heavy atom. The predicted octanol–water partition coefficient (Wildman–Crippen LogP) is 1.55. The Labute approximate surface area is 94.0 Å². The quantitative estimate of drug-likeness (QED) is 0.675. The second kappa shape index (κ2) is 4.52. The fourth-order valence-electron chi connectivity index (χ4n) is 1.59. The third kappa shape index (κ3) is 2.23. The molecule has 4 heteroatoms. The molecule has 0 bridgehead atoms. The van der Waals surface area contributed by atoms with Crippen molar-refractivity contribution >= 4 is 17.3 Å². The summed E-state index contributed by atoms with van der Waals surface area (Å²) >= 11 is 5.90. The van der Waals surface area contributed by atoms with Crippen LogP contribution in [0.15, 0.2) is 12.3 Å². The fraction of sp³-hybridized carbons (Fsp3) is 0.364. The highest BCUT2D eigenvalue weighted by atomic mass is 35.5. The molecule has 1 saturated heterocycles. The topological polar surface area (TPSA) is 25.4 Å². The molecule has 1 aromatic rings. The van der Waals surface area contributed by atoms with Crippen molar-refractivity contribution in [1.29, 1.82) is 0 Å². The Morgan fingerprint density at radius 1 is 1.47 bits per heavy atom. The minimum absolute atomic E-state index is 0.607. The van der Waals surface area contributed by atoms with Crippen LogP contribution in [0.25, 0.3) is 0 Å². The van der Waals surface area contributed by atoms with Crippen molar-refractivity contribution < 1.29 is 4.74 Å². The average Bonchev–Trinajstić information content (AvgIpc) is 2.30. The summed E-state index contributed by atoms with van der Waals surface area (Å²) in [6.45, 7) is 3.10. The average molecular weight is 223 g/mol. The molecule has 2 rings (SSSR count). The van der Waals surface area contributed by atoms with Crippen molar-refractivity contribution in [1.82, 2.24) is 4.98 Å². The smallest absolute Gasteiger partial charge is 0.136 e. The summed E-state index contributed by atoms with van der Waals surface area (Å²) in [4.78, 5) is 6.27. The van der Waals surface area contributed by atoms with E-state index >= 15 is 0 Å². The van der Waals surface area contributed by atoms with E-state index in [1.54, 1.807) is 6.20 Å². The van der Waals surface area contributed by atoms with Gasteiger partial charge < -0.3 is 9.64 Å². The van der Waals surface area contributed by atoms with Gasteiger partial charge in [-0.15, -0.1) is 6.42 Å². The van der Waals surface area contributed by atoms with Gasteiger partial charge in [-0.05, 0) is 12.0 Å². The van der Waals surface area contributed by atoms with E-state index in [0.717, 1.165) is 32.0 Å². The van der Waals surface area contributed by atoms with Crippen molar-refractivity contribution in [2.45, 2.75) is 0 Å². The van der Waals surface area contributed by atoms with Crippen molar-refractivity contribution in [2.75, 3.05) is 31.2 Å². The first kappa shape index (κ1) is 10.3. The molecule has 0 unspecified atom stereocenters. The third-order valence-electron chi connectivity index (χ3n) is 2.32. The summed E-state index contributed by atoms with van der Waals surface area (Å²) < 4.78 is 5.28. The zero-order valence-corrected chi connectivity index (χ0v) is 9.00. The molecule has 0 radical (unpaired) electrons. The molecule has 1 fully saturated rings. The lowest BCUT2D eigenvalue weighted by Crippen LogP contribution is -2.36. The second-order valence-electron chi connectivity index (χ2n) is 3.27. The van der Waals surface area contributed by atoms with Gasteiger partial charge in [-0.3, -0.25) is 0 Å². The van der Waals surface area contributed by atoms with Crippen LogP contribution >= 0.6 is 11.6 Å². The Kier molecular flexibility index (Phi) is 3.10. The van der Waals surface area contributed by atoms with Crippen LogP contribution in [-0.2, 0) is 4.74 Å². The largest absolute Gasteiger partial charge is 0.378 e. The zero-order chi connectivity index (χ0) is 10.7. The number of pyridine rings is 1. The van der Waals surface area contributed by atoms with E-state index in [1.165, 1.54) is 0 Å². The highest BCUT2D eigenvalue weighted by Gasteiger charge is 2.15. The van der Waals surface area contributed by atoms with Gasteiger partial charge in [0.2, 0.25) is 0 Å². The maximum Gasteiger partial charge on any atom is 0.136 e. The molecular weight excluding hydrogens is 212 g/mol. The predicted molar refractivity (Wildman–Crippen MR) is 60.2 cm³/mol. The Hall–Kier alpha value is -1.24. The maximum absolute atomic E-state index is 5.90. The van der Waals surface area contributed by atoms with Gasteiger partial charge in [-0.25, -0.2) is 4.98 Å². The van der Waals surface area contributed by atoms with Gasteiger partial charge in [-0.2, -0.15) is 0 Å². The summed E-state index contributed by atoms with van der Waals surface area (Å²) in [6.07, 6.45) is 6.96. The van der Waals surface area contributed by atoms with Crippen molar-refractivity contribution in [3.8, 4) is 12.3 Å². The van der Waals surface area contributed by atoms with Gasteiger partial charge in [0.05, 0.1) is 23.9 Å². The van der Waals surface area contributed by atoms with Crippen LogP contribution in [-0.4, -0.2) is 31.3 Å². The Balaban J connectivity index is 2.32. The van der Waals surface area contributed by atoms with Crippen molar-refractivity contribution in [2.24, 2.45) is 0 Å². The van der Waals surface area contributed by atoms with Gasteiger partial charge in [0.15, 0.2) is 0 Å². The summed E-state index contributed by atoms with van der Waals surface area (Å²) in [5, 5.41) is 0.607. The highest BCUT2D eigenvalue weighted by molar-refractivity contribution is 6.30. The maximum atomic E-state index is 5.90. The van der Waals surface area contributed by atoms with Crippen LogP contribution < -0.4 is 4.90 Å². The van der Waals surface area contributed by atoms with Crippen LogP contribution in [0.4, 0.5) is 5.69 Å². The number of morpholine rings is 1. The van der Waals surface area contributed by atoms with Crippen LogP contribution in [0.1, 0.15) is 5.69 Å². The minimum atomic E-state index is 0.607. The van der Waals surface area contributed by atoms with E-state index in [4.69, 9.17) is 22.8 Å². The summed E-state index contributed by atoms with van der Waals surface area (Å²) in [5.74, 6) is 2.57. The standard InChI is InChI=1S/C11H11ClN2O/c1-2-10-11(7-9(12)8-13-10)14-3-5-15-6-4-14/h1,7-8H,3-6H2. The number of ether oxygens (including phenoxy) is 1. The number of anilines is 1. The molecule has 0 saturated carbocycles. The molecule has 2 heterocycles. The molecule has 0 N–H and O–H groups in total. The number of hydrogen-bond donors (Lipinski definition) is 0. The van der Waals surface area contributed by atoms with E-state index in [-0.39, 0.29) is 0 Å². The van der Waals surface area contributed by atoms with E-state index in [0.29, 0.717) is 10.7 Å². The number of aromatic nitrogens is 1. The Bertz CT molecular complexity index is 394. The molecule has 0 amide bonds. The number of rotatable bonds is 1. The van der Waals surface area contributed by atoms with Crippen LogP contribution in [0.3, 0.4) is 0 Å². The molecule has 78 valence electrons. The molecule has 0 aromatic carbocycles. The van der Waals surface area contributed by atoms with E-state index in [2.05, 4.69) is 15.8 Å². The monoisotopic (exact) mass is 222 g/mol. The van der Waals surface area contributed by atoms with Crippen LogP contribution in [0.2, 0.25) is 5.02 Å². The van der Waals surface area contributed by atoms with Gasteiger partial charge in [0.25, 0.3) is 0 Å². The number of terminal acetylenes is 1. The molecule has 0 atom stereocenters. The number of halogens is 1. The third-order valence-corrected chi connectivity index (χ3v) is 2.53. The van der Waals surface area contributed by atoms with Gasteiger partial charge >= 0.3 is 0 Å². The number of hydrogen-bond acceptors (Lipinski definition) is 3. The molecular formula is C11H11ClN2O. The van der Waals surface area contributed by atoms with Crippen LogP contribution in [0, 0.1) is 12.3 Å². The first-order valence-corrected chi connectivity index (χ1v) is 5.14. The van der Waals surface area contributed by atoms with E-state index in [1.807, 2.05) is 6.07 Å². The normalized spacial score (nSPS) is 16.1. The number of nitrogens with zero attached hydrogens (tertiary/aromatic N) is 2. The van der Waals surface area contributed by atoms with Crippen LogP contribution in [0.5, 0.6) is 0 Å². The minimum Gasteiger partial charge on any atom is -0.378 e. The lowest BCUT2D eigenvalue weighted by molar-refractivity contribution is 0.122. The molecule has 0 aliphatic carbocycles. The SMILES string of the molecule is C#Cc1ncc(Cl)cc1N1CCOCC1. The lowest BCUT2D eigenvalue weighted by Gasteiger charge is -2.29. The molecule has 1 aromatic heterocycles. The molecule has 1 aliphatic rings. The van der Waals surface area contributed by atoms with Crippen molar-refractivity contribution in [3.05, 3.63) is 23.0 Å². The fourth-order valence-corrected chi connectivity index (χ4v) is 1.74. The van der Waals surface area contributed by atoms with Crippen molar-refractivity contribution in [3.63, 3.8) is 0 Å². The molecule has 15 heavy (non-hydrogen) atoms. The first-order valence-electron chi connectivity index (χ1n) is 4.76. The second-order valence-corrected chi connectivity index (χ2v) is 3.70. The molecule has 1 aliphatic heterocycles. The highest BCUT2D eigenvalue weighted by Crippen LogP contribution is 2.22. The first-order chi connectivity index (χ1) is 7.31. The lowest BCUT2D eigenvalue weighted by atomic mass is 10.2. The van der Waals surface area contributed by atoms with Gasteiger partial charge in [-0.1, -0.05) is 11.6 Å². The van der Waals surface area contributed by atoms with E-state index < -0.39 is 0 Å². The summed E-state index contributed by atoms with van der Waals surface area (Å²) in [6, 6.07) is 1.86. The molecule has 0 spiro atoms.